The summed E-state index contributed by atoms with van der Waals surface area (Å²) in [5.41, 5.74) is 0.923. The lowest BCUT2D eigenvalue weighted by molar-refractivity contribution is 0.100. The van der Waals surface area contributed by atoms with Gasteiger partial charge in [-0.05, 0) is 11.4 Å². The quantitative estimate of drug-likeness (QED) is 0.609. The number of carbonyl (C=O) groups excluding carboxylic acids is 1. The second-order valence-electron chi connectivity index (χ2n) is 2.29. The Labute approximate surface area is 71.2 Å². The van der Waals surface area contributed by atoms with Crippen molar-refractivity contribution in [2.75, 3.05) is 0 Å². The highest BCUT2D eigenvalue weighted by atomic mass is 79.9. The second kappa shape index (κ2) is 2.17. The van der Waals surface area contributed by atoms with Crippen molar-refractivity contribution in [3.63, 3.8) is 0 Å². The van der Waals surface area contributed by atoms with Gasteiger partial charge in [0.1, 0.15) is 0 Å². The van der Waals surface area contributed by atoms with E-state index >= 15 is 0 Å². The molecule has 10 heavy (non-hydrogen) atoms. The van der Waals surface area contributed by atoms with Gasteiger partial charge in [0.05, 0.1) is 4.83 Å². The van der Waals surface area contributed by atoms with Crippen LogP contribution in [0.15, 0.2) is 11.4 Å². The van der Waals surface area contributed by atoms with Crippen molar-refractivity contribution in [2.24, 2.45) is 0 Å². The largest absolute Gasteiger partial charge is 0.293 e. The molecule has 0 N–H and O–H groups in total. The number of fused-ring (bicyclic) bond motifs is 1. The lowest BCUT2D eigenvalue weighted by Crippen LogP contribution is -2.05. The second-order valence-corrected chi connectivity index (χ2v) is 4.40. The minimum atomic E-state index is 0.0509. The number of alkyl halides is 1. The first-order valence-electron chi connectivity index (χ1n) is 3.03. The molecule has 1 nitrogen and oxygen atoms in total. The number of hydrogen-bond donors (Lipinski definition) is 0. The van der Waals surface area contributed by atoms with Gasteiger partial charge in [-0.1, -0.05) is 15.9 Å². The van der Waals surface area contributed by atoms with E-state index in [0.717, 1.165) is 12.0 Å². The highest BCUT2D eigenvalue weighted by Crippen LogP contribution is 2.30. The summed E-state index contributed by atoms with van der Waals surface area (Å²) in [6, 6.07) is 1.91. The van der Waals surface area contributed by atoms with Gasteiger partial charge in [0.15, 0.2) is 5.78 Å². The van der Waals surface area contributed by atoms with Crippen molar-refractivity contribution in [3.8, 4) is 0 Å². The normalized spacial score (nSPS) is 23.3. The van der Waals surface area contributed by atoms with Crippen LogP contribution in [0, 0.1) is 0 Å². The molecule has 1 atom stereocenters. The van der Waals surface area contributed by atoms with Gasteiger partial charge in [-0.2, -0.15) is 0 Å². The Kier molecular flexibility index (Phi) is 1.42. The first-order valence-corrected chi connectivity index (χ1v) is 4.83. The molecule has 2 rings (SSSR count). The van der Waals surface area contributed by atoms with E-state index in [0.29, 0.717) is 0 Å². The standard InChI is InChI=1S/C7H5BrOS/c8-5-3-6-4(7(5)9)1-2-10-6/h1-2,5H,3H2. The summed E-state index contributed by atoms with van der Waals surface area (Å²) in [6.07, 6.45) is 0.881. The van der Waals surface area contributed by atoms with Crippen LogP contribution in [0.2, 0.25) is 0 Å². The van der Waals surface area contributed by atoms with Crippen molar-refractivity contribution < 1.29 is 4.79 Å². The third-order valence-electron chi connectivity index (χ3n) is 1.66. The van der Waals surface area contributed by atoms with Crippen molar-refractivity contribution in [1.29, 1.82) is 0 Å². The number of ketones is 1. The fourth-order valence-electron chi connectivity index (χ4n) is 1.14. The SMILES string of the molecule is O=C1c2ccsc2CC1Br. The van der Waals surface area contributed by atoms with Crippen LogP contribution in [-0.4, -0.2) is 10.6 Å². The van der Waals surface area contributed by atoms with E-state index in [1.165, 1.54) is 4.88 Å². The fraction of sp³-hybridized carbons (Fsp3) is 0.286. The number of hydrogen-bond acceptors (Lipinski definition) is 2. The Balaban J connectivity index is 2.53. The van der Waals surface area contributed by atoms with E-state index in [1.807, 2.05) is 11.4 Å². The predicted octanol–water partition coefficient (Wildman–Crippen LogP) is 2.25. The molecule has 0 amide bonds. The fourth-order valence-corrected chi connectivity index (χ4v) is 2.85. The molecule has 1 aromatic heterocycles. The number of rotatable bonds is 0. The Bertz CT molecular complexity index is 279. The highest BCUT2D eigenvalue weighted by Gasteiger charge is 2.28. The molecule has 3 heteroatoms. The molecule has 0 saturated heterocycles. The number of carbonyl (C=O) groups is 1. The van der Waals surface area contributed by atoms with Crippen LogP contribution >= 0.6 is 27.3 Å². The lowest BCUT2D eigenvalue weighted by atomic mass is 10.2. The monoisotopic (exact) mass is 216 g/mol. The molecule has 1 heterocycles. The summed E-state index contributed by atoms with van der Waals surface area (Å²) in [5, 5.41) is 1.97. The van der Waals surface area contributed by atoms with E-state index in [1.54, 1.807) is 11.3 Å². The molecule has 0 bridgehead atoms. The summed E-state index contributed by atoms with van der Waals surface area (Å²) in [4.78, 5) is 12.5. The van der Waals surface area contributed by atoms with Crippen molar-refractivity contribution in [2.45, 2.75) is 11.2 Å². The van der Waals surface area contributed by atoms with Gasteiger partial charge < -0.3 is 0 Å². The average molecular weight is 217 g/mol. The number of halogens is 1. The Morgan fingerprint density at radius 1 is 1.70 bits per heavy atom. The van der Waals surface area contributed by atoms with Crippen LogP contribution in [0.3, 0.4) is 0 Å². The van der Waals surface area contributed by atoms with E-state index in [4.69, 9.17) is 0 Å². The molecule has 0 spiro atoms. The molecule has 0 radical (unpaired) electrons. The third-order valence-corrected chi connectivity index (χ3v) is 3.34. The van der Waals surface area contributed by atoms with Gasteiger partial charge >= 0.3 is 0 Å². The smallest absolute Gasteiger partial charge is 0.177 e. The van der Waals surface area contributed by atoms with Gasteiger partial charge in [0.2, 0.25) is 0 Å². The van der Waals surface area contributed by atoms with Crippen LogP contribution in [-0.2, 0) is 6.42 Å². The van der Waals surface area contributed by atoms with Crippen LogP contribution in [0.4, 0.5) is 0 Å². The molecule has 0 saturated carbocycles. The zero-order chi connectivity index (χ0) is 7.14. The summed E-state index contributed by atoms with van der Waals surface area (Å²) in [5.74, 6) is 0.247. The van der Waals surface area contributed by atoms with Gasteiger partial charge in [0, 0.05) is 16.9 Å². The topological polar surface area (TPSA) is 17.1 Å². The molecule has 0 aliphatic heterocycles. The molecule has 1 aliphatic rings. The van der Waals surface area contributed by atoms with E-state index < -0.39 is 0 Å². The molecule has 1 aromatic rings. The zero-order valence-corrected chi connectivity index (χ0v) is 7.54. The Morgan fingerprint density at radius 2 is 2.50 bits per heavy atom. The summed E-state index contributed by atoms with van der Waals surface area (Å²) in [6.45, 7) is 0. The maximum Gasteiger partial charge on any atom is 0.177 e. The maximum atomic E-state index is 11.2. The van der Waals surface area contributed by atoms with Crippen LogP contribution in [0.5, 0.6) is 0 Å². The lowest BCUT2D eigenvalue weighted by Gasteiger charge is -1.91. The van der Waals surface area contributed by atoms with Crippen molar-refractivity contribution in [3.05, 3.63) is 21.9 Å². The number of Topliss-reactive ketones (excluding diaryl/α,β-unsaturated/α-hetero) is 1. The summed E-state index contributed by atoms with van der Waals surface area (Å²) >= 11 is 4.99. The van der Waals surface area contributed by atoms with Gasteiger partial charge in [0.25, 0.3) is 0 Å². The van der Waals surface area contributed by atoms with E-state index in [9.17, 15) is 4.79 Å². The van der Waals surface area contributed by atoms with Gasteiger partial charge in [-0.15, -0.1) is 11.3 Å². The van der Waals surface area contributed by atoms with Crippen LogP contribution in [0.1, 0.15) is 15.2 Å². The molecule has 52 valence electrons. The van der Waals surface area contributed by atoms with Crippen molar-refractivity contribution in [1.82, 2.24) is 0 Å². The minimum absolute atomic E-state index is 0.0509. The molecule has 1 aliphatic carbocycles. The first kappa shape index (κ1) is 6.55. The van der Waals surface area contributed by atoms with Crippen molar-refractivity contribution >= 4 is 33.0 Å². The molecular formula is C7H5BrOS. The number of thiophene rings is 1. The van der Waals surface area contributed by atoms with Crippen LogP contribution < -0.4 is 0 Å². The van der Waals surface area contributed by atoms with E-state index in [-0.39, 0.29) is 10.6 Å². The molecule has 1 unspecified atom stereocenters. The van der Waals surface area contributed by atoms with Gasteiger partial charge in [-0.25, -0.2) is 0 Å². The molecule has 0 fully saturated rings. The highest BCUT2D eigenvalue weighted by molar-refractivity contribution is 9.10. The summed E-state index contributed by atoms with van der Waals surface area (Å²) < 4.78 is 0. The third kappa shape index (κ3) is 0.772. The average Bonchev–Trinajstić information content (AvgIpc) is 2.41. The predicted molar refractivity (Wildman–Crippen MR) is 45.1 cm³/mol. The minimum Gasteiger partial charge on any atom is -0.293 e. The zero-order valence-electron chi connectivity index (χ0n) is 5.13. The molecule has 0 aromatic carbocycles. The van der Waals surface area contributed by atoms with E-state index in [2.05, 4.69) is 15.9 Å². The first-order chi connectivity index (χ1) is 4.79. The molecular weight excluding hydrogens is 212 g/mol. The Morgan fingerprint density at radius 3 is 3.20 bits per heavy atom. The van der Waals surface area contributed by atoms with Crippen LogP contribution in [0.25, 0.3) is 0 Å². The summed E-state index contributed by atoms with van der Waals surface area (Å²) in [7, 11) is 0. The maximum absolute atomic E-state index is 11.2. The Hall–Kier alpha value is -0.150. The van der Waals surface area contributed by atoms with Gasteiger partial charge in [-0.3, -0.25) is 4.79 Å².